The first kappa shape index (κ1) is 13.7. The van der Waals surface area contributed by atoms with E-state index in [-0.39, 0.29) is 17.0 Å². The van der Waals surface area contributed by atoms with Gasteiger partial charge in [0.15, 0.2) is 0 Å². The predicted molar refractivity (Wildman–Crippen MR) is 74.4 cm³/mol. The van der Waals surface area contributed by atoms with Gasteiger partial charge in [-0.2, -0.15) is 0 Å². The van der Waals surface area contributed by atoms with Crippen molar-refractivity contribution in [2.75, 3.05) is 5.32 Å². The number of nitrogens with one attached hydrogen (secondary N) is 1. The maximum atomic E-state index is 13.1. The molecule has 0 saturated heterocycles. The second-order valence-electron chi connectivity index (χ2n) is 3.94. The average molecular weight is 324 g/mol. The number of hydrogen-bond donors (Lipinski definition) is 2. The number of carbonyl (C=O) groups excluding carboxylic acids is 1. The summed E-state index contributed by atoms with van der Waals surface area (Å²) in [5.41, 5.74) is 1.64. The zero-order valence-corrected chi connectivity index (χ0v) is 11.4. The van der Waals surface area contributed by atoms with E-state index < -0.39 is 5.82 Å². The first-order valence-corrected chi connectivity index (χ1v) is 6.35. The minimum absolute atomic E-state index is 0.0915. The van der Waals surface area contributed by atoms with Crippen molar-refractivity contribution in [3.05, 3.63) is 63.9 Å². The lowest BCUT2D eigenvalue weighted by atomic mass is 10.2. The third kappa shape index (κ3) is 3.39. The highest BCUT2D eigenvalue weighted by Gasteiger charge is 2.09. The summed E-state index contributed by atoms with van der Waals surface area (Å²) in [5, 5.41) is 11.7. The summed E-state index contributed by atoms with van der Waals surface area (Å²) in [6, 6.07) is 10.9. The van der Waals surface area contributed by atoms with Crippen LogP contribution in [0.4, 0.5) is 10.1 Å². The van der Waals surface area contributed by atoms with Gasteiger partial charge >= 0.3 is 0 Å². The largest absolute Gasteiger partial charge is 0.392 e. The molecule has 5 heteroatoms. The summed E-state index contributed by atoms with van der Waals surface area (Å²) in [6.07, 6.45) is 0. The number of aliphatic hydroxyl groups is 1. The Morgan fingerprint density at radius 3 is 2.74 bits per heavy atom. The summed E-state index contributed by atoms with van der Waals surface area (Å²) in [6.45, 7) is -0.0915. The monoisotopic (exact) mass is 323 g/mol. The van der Waals surface area contributed by atoms with Gasteiger partial charge in [0.05, 0.1) is 11.1 Å². The summed E-state index contributed by atoms with van der Waals surface area (Å²) >= 11 is 3.03. The Hall–Kier alpha value is -1.72. The zero-order chi connectivity index (χ0) is 13.8. The SMILES string of the molecule is O=C(Nc1cccc(CO)c1)c1ccc(F)c(Br)c1. The molecule has 2 aromatic rings. The highest BCUT2D eigenvalue weighted by molar-refractivity contribution is 9.10. The van der Waals surface area contributed by atoms with Crippen molar-refractivity contribution < 1.29 is 14.3 Å². The van der Waals surface area contributed by atoms with Crippen LogP contribution in [0.3, 0.4) is 0 Å². The number of halogens is 2. The molecule has 98 valence electrons. The molecule has 0 atom stereocenters. The van der Waals surface area contributed by atoms with Crippen molar-refractivity contribution in [2.45, 2.75) is 6.61 Å². The van der Waals surface area contributed by atoms with Crippen LogP contribution in [0.5, 0.6) is 0 Å². The van der Waals surface area contributed by atoms with Gasteiger partial charge in [0.1, 0.15) is 5.82 Å². The summed E-state index contributed by atoms with van der Waals surface area (Å²) in [4.78, 5) is 12.0. The molecule has 1 amide bonds. The zero-order valence-electron chi connectivity index (χ0n) is 9.86. The van der Waals surface area contributed by atoms with Gasteiger partial charge < -0.3 is 10.4 Å². The van der Waals surface area contributed by atoms with Gasteiger partial charge in [0, 0.05) is 11.3 Å². The van der Waals surface area contributed by atoms with E-state index in [0.29, 0.717) is 16.8 Å². The van der Waals surface area contributed by atoms with Crippen LogP contribution in [0, 0.1) is 5.82 Å². The molecule has 0 heterocycles. The highest BCUT2D eigenvalue weighted by atomic mass is 79.9. The first-order chi connectivity index (χ1) is 9.10. The van der Waals surface area contributed by atoms with Crippen molar-refractivity contribution in [3.8, 4) is 0 Å². The van der Waals surface area contributed by atoms with Gasteiger partial charge in [0.2, 0.25) is 0 Å². The van der Waals surface area contributed by atoms with Crippen molar-refractivity contribution in [1.29, 1.82) is 0 Å². The highest BCUT2D eigenvalue weighted by Crippen LogP contribution is 2.18. The van der Waals surface area contributed by atoms with E-state index in [4.69, 9.17) is 5.11 Å². The van der Waals surface area contributed by atoms with Crippen molar-refractivity contribution in [2.24, 2.45) is 0 Å². The Kier molecular flexibility index (Phi) is 4.29. The van der Waals surface area contributed by atoms with Crippen LogP contribution in [0.25, 0.3) is 0 Å². The van der Waals surface area contributed by atoms with Gasteiger partial charge in [-0.1, -0.05) is 12.1 Å². The van der Waals surface area contributed by atoms with E-state index >= 15 is 0 Å². The quantitative estimate of drug-likeness (QED) is 0.910. The molecule has 0 saturated carbocycles. The molecular weight excluding hydrogens is 313 g/mol. The molecule has 0 aliphatic rings. The normalized spacial score (nSPS) is 10.3. The van der Waals surface area contributed by atoms with E-state index in [1.807, 2.05) is 0 Å². The van der Waals surface area contributed by atoms with Crippen molar-refractivity contribution >= 4 is 27.5 Å². The lowest BCUT2D eigenvalue weighted by molar-refractivity contribution is 0.102. The molecule has 0 aliphatic carbocycles. The maximum Gasteiger partial charge on any atom is 0.255 e. The molecule has 0 radical (unpaired) electrons. The summed E-state index contributed by atoms with van der Waals surface area (Å²) < 4.78 is 13.3. The Morgan fingerprint density at radius 2 is 2.05 bits per heavy atom. The van der Waals surface area contributed by atoms with Crippen LogP contribution in [0.15, 0.2) is 46.9 Å². The summed E-state index contributed by atoms with van der Waals surface area (Å²) in [5.74, 6) is -0.755. The van der Waals surface area contributed by atoms with E-state index in [1.54, 1.807) is 24.3 Å². The molecule has 0 unspecified atom stereocenters. The number of amides is 1. The number of rotatable bonds is 3. The van der Waals surface area contributed by atoms with Crippen LogP contribution in [-0.2, 0) is 6.61 Å². The Morgan fingerprint density at radius 1 is 1.26 bits per heavy atom. The standard InChI is InChI=1S/C14H11BrFNO2/c15-12-7-10(4-5-13(12)16)14(19)17-11-3-1-2-9(6-11)8-18/h1-7,18H,8H2,(H,17,19). The third-order valence-corrected chi connectivity index (χ3v) is 3.16. The van der Waals surface area contributed by atoms with E-state index in [1.165, 1.54) is 18.2 Å². The molecule has 0 aromatic heterocycles. The van der Waals surface area contributed by atoms with Gasteiger partial charge in [-0.05, 0) is 51.8 Å². The molecule has 2 aromatic carbocycles. The van der Waals surface area contributed by atoms with Gasteiger partial charge in [-0.25, -0.2) is 4.39 Å². The minimum Gasteiger partial charge on any atom is -0.392 e. The fraction of sp³-hybridized carbons (Fsp3) is 0.0714. The lowest BCUT2D eigenvalue weighted by Crippen LogP contribution is -2.12. The topological polar surface area (TPSA) is 49.3 Å². The number of hydrogen-bond acceptors (Lipinski definition) is 2. The van der Waals surface area contributed by atoms with Crippen LogP contribution < -0.4 is 5.32 Å². The number of aliphatic hydroxyl groups excluding tert-OH is 1. The lowest BCUT2D eigenvalue weighted by Gasteiger charge is -2.07. The summed E-state index contributed by atoms with van der Waals surface area (Å²) in [7, 11) is 0. The molecule has 0 aliphatic heterocycles. The number of carbonyl (C=O) groups is 1. The van der Waals surface area contributed by atoms with Crippen molar-refractivity contribution in [1.82, 2.24) is 0 Å². The van der Waals surface area contributed by atoms with Gasteiger partial charge in [0.25, 0.3) is 5.91 Å². The minimum atomic E-state index is -0.418. The molecule has 2 rings (SSSR count). The average Bonchev–Trinajstić information content (AvgIpc) is 2.42. The molecule has 3 nitrogen and oxygen atoms in total. The molecule has 0 fully saturated rings. The number of benzene rings is 2. The Balaban J connectivity index is 2.18. The second-order valence-corrected chi connectivity index (χ2v) is 4.80. The van der Waals surface area contributed by atoms with Gasteiger partial charge in [-0.3, -0.25) is 4.79 Å². The van der Waals surface area contributed by atoms with E-state index in [9.17, 15) is 9.18 Å². The fourth-order valence-corrected chi connectivity index (χ4v) is 1.97. The second kappa shape index (κ2) is 5.95. The smallest absolute Gasteiger partial charge is 0.255 e. The molecule has 19 heavy (non-hydrogen) atoms. The Bertz CT molecular complexity index is 616. The van der Waals surface area contributed by atoms with Crippen LogP contribution >= 0.6 is 15.9 Å². The molecule has 0 spiro atoms. The molecule has 0 bridgehead atoms. The predicted octanol–water partition coefficient (Wildman–Crippen LogP) is 3.33. The van der Waals surface area contributed by atoms with Gasteiger partial charge in [-0.15, -0.1) is 0 Å². The van der Waals surface area contributed by atoms with E-state index in [0.717, 1.165) is 0 Å². The maximum absolute atomic E-state index is 13.1. The fourth-order valence-electron chi connectivity index (χ4n) is 1.59. The first-order valence-electron chi connectivity index (χ1n) is 5.56. The van der Waals surface area contributed by atoms with Crippen LogP contribution in [-0.4, -0.2) is 11.0 Å². The van der Waals surface area contributed by atoms with Crippen LogP contribution in [0.1, 0.15) is 15.9 Å². The molecular formula is C14H11BrFNO2. The van der Waals surface area contributed by atoms with Crippen LogP contribution in [0.2, 0.25) is 0 Å². The van der Waals surface area contributed by atoms with E-state index in [2.05, 4.69) is 21.2 Å². The van der Waals surface area contributed by atoms with Crippen molar-refractivity contribution in [3.63, 3.8) is 0 Å². The number of anilines is 1. The third-order valence-electron chi connectivity index (χ3n) is 2.55. The molecule has 2 N–H and O–H groups in total. The Labute approximate surface area is 118 Å².